The highest BCUT2D eigenvalue weighted by Crippen LogP contribution is 2.18. The van der Waals surface area contributed by atoms with Crippen molar-refractivity contribution in [3.8, 4) is 0 Å². The smallest absolute Gasteiger partial charge is 0.0716 e. The zero-order chi connectivity index (χ0) is 12.5. The summed E-state index contributed by atoms with van der Waals surface area (Å²) in [5.41, 5.74) is 1.26. The normalized spacial score (nSPS) is 12.9. The molecule has 0 saturated carbocycles. The van der Waals surface area contributed by atoms with E-state index in [0.29, 0.717) is 0 Å². The molecule has 17 heavy (non-hydrogen) atoms. The molecule has 0 fully saturated rings. The number of halogens is 1. The molecule has 2 heteroatoms. The van der Waals surface area contributed by atoms with Gasteiger partial charge in [0.05, 0.1) is 6.61 Å². The second kappa shape index (κ2) is 8.71. The van der Waals surface area contributed by atoms with Crippen LogP contribution in [0, 0.1) is 11.8 Å². The average Bonchev–Trinajstić information content (AvgIpc) is 2.34. The van der Waals surface area contributed by atoms with E-state index in [1.54, 1.807) is 0 Å². The number of ether oxygens (including phenoxy) is 1. The Balaban J connectivity index is 2.14. The molecule has 96 valence electrons. The first-order chi connectivity index (χ1) is 8.22. The van der Waals surface area contributed by atoms with Crippen LogP contribution in [-0.4, -0.2) is 11.9 Å². The average molecular weight is 299 g/mol. The van der Waals surface area contributed by atoms with Gasteiger partial charge in [0.15, 0.2) is 0 Å². The van der Waals surface area contributed by atoms with Crippen molar-refractivity contribution in [1.29, 1.82) is 0 Å². The highest BCUT2D eigenvalue weighted by molar-refractivity contribution is 9.09. The summed E-state index contributed by atoms with van der Waals surface area (Å²) in [5, 5.41) is 1.08. The van der Waals surface area contributed by atoms with Gasteiger partial charge in [-0.1, -0.05) is 60.1 Å². The number of alkyl halides is 1. The van der Waals surface area contributed by atoms with E-state index in [9.17, 15) is 0 Å². The molecule has 0 aliphatic rings. The lowest BCUT2D eigenvalue weighted by Crippen LogP contribution is -2.09. The predicted octanol–water partition coefficient (Wildman–Crippen LogP) is 4.65. The second-order valence-electron chi connectivity index (χ2n) is 4.98. The third-order valence-corrected chi connectivity index (χ3v) is 3.72. The highest BCUT2D eigenvalue weighted by atomic mass is 79.9. The van der Waals surface area contributed by atoms with Crippen molar-refractivity contribution in [3.63, 3.8) is 0 Å². The monoisotopic (exact) mass is 298 g/mol. The number of benzene rings is 1. The van der Waals surface area contributed by atoms with Crippen LogP contribution in [0.15, 0.2) is 30.3 Å². The van der Waals surface area contributed by atoms with E-state index in [-0.39, 0.29) is 0 Å². The molecule has 0 saturated heterocycles. The van der Waals surface area contributed by atoms with Crippen LogP contribution in [0.2, 0.25) is 0 Å². The van der Waals surface area contributed by atoms with Crippen molar-refractivity contribution >= 4 is 15.9 Å². The minimum atomic E-state index is 0.734. The van der Waals surface area contributed by atoms with Crippen LogP contribution in [-0.2, 0) is 11.3 Å². The Hall–Kier alpha value is -0.340. The van der Waals surface area contributed by atoms with Gasteiger partial charge in [0, 0.05) is 11.9 Å². The van der Waals surface area contributed by atoms with Gasteiger partial charge in [0.25, 0.3) is 0 Å². The van der Waals surface area contributed by atoms with Gasteiger partial charge in [-0.25, -0.2) is 0 Å². The van der Waals surface area contributed by atoms with Crippen molar-refractivity contribution in [1.82, 2.24) is 0 Å². The van der Waals surface area contributed by atoms with Gasteiger partial charge < -0.3 is 4.74 Å². The summed E-state index contributed by atoms with van der Waals surface area (Å²) in [7, 11) is 0. The van der Waals surface area contributed by atoms with E-state index >= 15 is 0 Å². The maximum atomic E-state index is 5.71. The summed E-state index contributed by atoms with van der Waals surface area (Å²) in [6.45, 7) is 6.15. The predicted molar refractivity (Wildman–Crippen MR) is 77.5 cm³/mol. The summed E-state index contributed by atoms with van der Waals surface area (Å²) in [5.74, 6) is 1.51. The third kappa shape index (κ3) is 6.85. The first-order valence-electron chi connectivity index (χ1n) is 6.40. The van der Waals surface area contributed by atoms with E-state index in [1.165, 1.54) is 12.0 Å². The molecule has 0 aliphatic carbocycles. The van der Waals surface area contributed by atoms with Crippen molar-refractivity contribution < 1.29 is 4.74 Å². The number of rotatable bonds is 8. The molecule has 0 aromatic heterocycles. The fraction of sp³-hybridized carbons (Fsp3) is 0.600. The summed E-state index contributed by atoms with van der Waals surface area (Å²) in [6.07, 6.45) is 2.43. The van der Waals surface area contributed by atoms with Crippen molar-refractivity contribution in [2.24, 2.45) is 11.8 Å². The van der Waals surface area contributed by atoms with Crippen LogP contribution in [0.4, 0.5) is 0 Å². The van der Waals surface area contributed by atoms with E-state index in [1.807, 2.05) is 6.07 Å². The summed E-state index contributed by atoms with van der Waals surface area (Å²) < 4.78 is 5.71. The molecule has 0 radical (unpaired) electrons. The van der Waals surface area contributed by atoms with Crippen molar-refractivity contribution in [2.45, 2.75) is 33.3 Å². The standard InChI is InChI=1S/C15H23BrO/c1-13(2)10-15(11-16)8-9-17-12-14-6-4-3-5-7-14/h3-7,13,15H,8-12H2,1-2H3. The highest BCUT2D eigenvalue weighted by Gasteiger charge is 2.09. The van der Waals surface area contributed by atoms with Crippen LogP contribution in [0.1, 0.15) is 32.3 Å². The third-order valence-electron chi connectivity index (χ3n) is 2.80. The molecular formula is C15H23BrO. The van der Waals surface area contributed by atoms with E-state index in [2.05, 4.69) is 54.0 Å². The molecule has 0 heterocycles. The molecule has 1 unspecified atom stereocenters. The summed E-state index contributed by atoms with van der Waals surface area (Å²) in [4.78, 5) is 0. The molecule has 1 aromatic rings. The molecule has 1 atom stereocenters. The molecule has 1 aromatic carbocycles. The van der Waals surface area contributed by atoms with E-state index < -0.39 is 0 Å². The van der Waals surface area contributed by atoms with Crippen LogP contribution in [0.3, 0.4) is 0 Å². The van der Waals surface area contributed by atoms with Crippen LogP contribution >= 0.6 is 15.9 Å². The Morgan fingerprint density at radius 1 is 1.18 bits per heavy atom. The Bertz CT molecular complexity index is 284. The van der Waals surface area contributed by atoms with Gasteiger partial charge in [-0.05, 0) is 30.2 Å². The Kier molecular flexibility index (Phi) is 7.54. The molecule has 1 nitrogen and oxygen atoms in total. The lowest BCUT2D eigenvalue weighted by molar-refractivity contribution is 0.107. The van der Waals surface area contributed by atoms with Crippen LogP contribution in [0.5, 0.6) is 0 Å². The zero-order valence-electron chi connectivity index (χ0n) is 10.9. The molecule has 0 bridgehead atoms. The van der Waals surface area contributed by atoms with Gasteiger partial charge in [0.1, 0.15) is 0 Å². The largest absolute Gasteiger partial charge is 0.377 e. The molecule has 0 amide bonds. The maximum absolute atomic E-state index is 5.71. The Labute approximate surface area is 114 Å². The van der Waals surface area contributed by atoms with E-state index in [0.717, 1.165) is 36.8 Å². The minimum absolute atomic E-state index is 0.734. The van der Waals surface area contributed by atoms with E-state index in [4.69, 9.17) is 4.74 Å². The quantitative estimate of drug-likeness (QED) is 0.501. The minimum Gasteiger partial charge on any atom is -0.377 e. The Morgan fingerprint density at radius 3 is 2.47 bits per heavy atom. The lowest BCUT2D eigenvalue weighted by Gasteiger charge is -2.16. The van der Waals surface area contributed by atoms with Crippen LogP contribution < -0.4 is 0 Å². The first-order valence-corrected chi connectivity index (χ1v) is 7.52. The summed E-state index contributed by atoms with van der Waals surface area (Å²) >= 11 is 3.59. The molecule has 1 rings (SSSR count). The maximum Gasteiger partial charge on any atom is 0.0716 e. The molecular weight excluding hydrogens is 276 g/mol. The Morgan fingerprint density at radius 2 is 1.88 bits per heavy atom. The fourth-order valence-corrected chi connectivity index (χ4v) is 2.53. The first kappa shape index (κ1) is 14.7. The lowest BCUT2D eigenvalue weighted by atomic mass is 9.96. The van der Waals surface area contributed by atoms with Gasteiger partial charge >= 0.3 is 0 Å². The summed E-state index contributed by atoms with van der Waals surface area (Å²) in [6, 6.07) is 10.4. The number of hydrogen-bond acceptors (Lipinski definition) is 1. The number of hydrogen-bond donors (Lipinski definition) is 0. The van der Waals surface area contributed by atoms with Crippen molar-refractivity contribution in [2.75, 3.05) is 11.9 Å². The van der Waals surface area contributed by atoms with Gasteiger partial charge in [-0.3, -0.25) is 0 Å². The molecule has 0 N–H and O–H groups in total. The van der Waals surface area contributed by atoms with Crippen LogP contribution in [0.25, 0.3) is 0 Å². The second-order valence-corrected chi connectivity index (χ2v) is 5.62. The van der Waals surface area contributed by atoms with Gasteiger partial charge in [0.2, 0.25) is 0 Å². The topological polar surface area (TPSA) is 9.23 Å². The van der Waals surface area contributed by atoms with Gasteiger partial charge in [-0.15, -0.1) is 0 Å². The molecule has 0 spiro atoms. The fourth-order valence-electron chi connectivity index (χ4n) is 1.94. The zero-order valence-corrected chi connectivity index (χ0v) is 12.4. The SMILES string of the molecule is CC(C)CC(CBr)CCOCc1ccccc1. The van der Waals surface area contributed by atoms with Gasteiger partial charge in [-0.2, -0.15) is 0 Å². The molecule has 0 aliphatic heterocycles. The van der Waals surface area contributed by atoms with Crippen molar-refractivity contribution in [3.05, 3.63) is 35.9 Å².